The van der Waals surface area contributed by atoms with Gasteiger partial charge in [-0.05, 0) is 30.5 Å². The Bertz CT molecular complexity index is 640. The molecule has 0 saturated carbocycles. The highest BCUT2D eigenvalue weighted by Crippen LogP contribution is 2.30. The van der Waals surface area contributed by atoms with Crippen LogP contribution in [0.1, 0.15) is 39.7 Å². The second-order valence-corrected chi connectivity index (χ2v) is 6.48. The zero-order valence-electron chi connectivity index (χ0n) is 15.1. The van der Waals surface area contributed by atoms with Gasteiger partial charge in [0.2, 0.25) is 5.91 Å². The lowest BCUT2D eigenvalue weighted by molar-refractivity contribution is -0.140. The van der Waals surface area contributed by atoms with Crippen LogP contribution in [0.3, 0.4) is 0 Å². The predicted octanol–water partition coefficient (Wildman–Crippen LogP) is 1.55. The molecular weight excluding hydrogens is 324 g/mol. The van der Waals surface area contributed by atoms with Crippen molar-refractivity contribution in [2.45, 2.75) is 46.6 Å². The molecule has 7 nitrogen and oxygen atoms in total. The monoisotopic (exact) mass is 350 g/mol. The van der Waals surface area contributed by atoms with Crippen LogP contribution in [-0.4, -0.2) is 23.9 Å². The lowest BCUT2D eigenvalue weighted by Gasteiger charge is -2.15. The Morgan fingerprint density at radius 2 is 1.48 bits per heavy atom. The summed E-state index contributed by atoms with van der Waals surface area (Å²) in [6.45, 7) is 6.83. The summed E-state index contributed by atoms with van der Waals surface area (Å²) in [5.41, 5.74) is 11.6. The smallest absolute Gasteiger partial charge is 0.313 e. The molecule has 1 unspecified atom stereocenters. The Morgan fingerprint density at radius 1 is 0.960 bits per heavy atom. The number of hydrogen-bond acceptors (Lipinski definition) is 6. The first-order chi connectivity index (χ1) is 11.6. The van der Waals surface area contributed by atoms with Gasteiger partial charge >= 0.3 is 11.9 Å². The number of nitrogens with two attached hydrogens (primary N) is 2. The number of benzene rings is 1. The van der Waals surface area contributed by atoms with Crippen LogP contribution in [-0.2, 0) is 20.8 Å². The molecular formula is C18H26N2O5. The van der Waals surface area contributed by atoms with E-state index >= 15 is 0 Å². The highest BCUT2D eigenvalue weighted by molar-refractivity contribution is 5.79. The second-order valence-electron chi connectivity index (χ2n) is 6.48. The summed E-state index contributed by atoms with van der Waals surface area (Å²) in [6, 6.07) is 4.15. The number of esters is 2. The number of amides is 1. The molecule has 1 amide bonds. The lowest BCUT2D eigenvalue weighted by atomic mass is 10.0. The summed E-state index contributed by atoms with van der Waals surface area (Å²) in [4.78, 5) is 34.8. The van der Waals surface area contributed by atoms with Gasteiger partial charge in [0, 0.05) is 0 Å². The van der Waals surface area contributed by atoms with Crippen molar-refractivity contribution in [1.29, 1.82) is 0 Å². The van der Waals surface area contributed by atoms with Gasteiger partial charge in [-0.1, -0.05) is 33.8 Å². The fraction of sp³-hybridized carbons (Fsp3) is 0.500. The molecule has 7 heteroatoms. The average Bonchev–Trinajstić information content (AvgIpc) is 2.53. The van der Waals surface area contributed by atoms with Gasteiger partial charge in [-0.25, -0.2) is 0 Å². The number of primary amides is 1. The number of carbonyl (C=O) groups is 3. The summed E-state index contributed by atoms with van der Waals surface area (Å²) < 4.78 is 10.6. The molecule has 1 aromatic rings. The number of aryl methyl sites for hydroxylation is 1. The third-order valence-electron chi connectivity index (χ3n) is 3.48. The third-order valence-corrected chi connectivity index (χ3v) is 3.48. The minimum atomic E-state index is -0.750. The average molecular weight is 350 g/mol. The Kier molecular flexibility index (Phi) is 7.57. The van der Waals surface area contributed by atoms with Gasteiger partial charge in [-0.3, -0.25) is 14.4 Å². The maximum atomic E-state index is 11.9. The molecule has 0 saturated heterocycles. The summed E-state index contributed by atoms with van der Waals surface area (Å²) in [6.07, 6.45) is 0.826. The van der Waals surface area contributed by atoms with E-state index in [9.17, 15) is 14.4 Å². The van der Waals surface area contributed by atoms with Gasteiger partial charge < -0.3 is 20.9 Å². The van der Waals surface area contributed by atoms with E-state index in [2.05, 4.69) is 0 Å². The van der Waals surface area contributed by atoms with Crippen LogP contribution in [0, 0.1) is 11.8 Å². The van der Waals surface area contributed by atoms with Gasteiger partial charge in [0.25, 0.3) is 0 Å². The fourth-order valence-electron chi connectivity index (χ4n) is 1.79. The van der Waals surface area contributed by atoms with Crippen molar-refractivity contribution >= 4 is 17.8 Å². The van der Waals surface area contributed by atoms with E-state index in [0.29, 0.717) is 12.8 Å². The molecule has 0 radical (unpaired) electrons. The fourth-order valence-corrected chi connectivity index (χ4v) is 1.79. The topological polar surface area (TPSA) is 122 Å². The number of rotatable bonds is 8. The van der Waals surface area contributed by atoms with Crippen LogP contribution in [0.2, 0.25) is 0 Å². The van der Waals surface area contributed by atoms with Crippen molar-refractivity contribution in [3.63, 3.8) is 0 Å². The van der Waals surface area contributed by atoms with Crippen LogP contribution < -0.4 is 20.9 Å². The first kappa shape index (κ1) is 20.6. The van der Waals surface area contributed by atoms with Crippen molar-refractivity contribution < 1.29 is 23.9 Å². The quantitative estimate of drug-likeness (QED) is 0.542. The summed E-state index contributed by atoms with van der Waals surface area (Å²) in [7, 11) is 0. The predicted molar refractivity (Wildman–Crippen MR) is 92.9 cm³/mol. The van der Waals surface area contributed by atoms with Crippen LogP contribution >= 0.6 is 0 Å². The van der Waals surface area contributed by atoms with Crippen LogP contribution in [0.5, 0.6) is 11.5 Å². The zero-order valence-corrected chi connectivity index (χ0v) is 15.1. The maximum absolute atomic E-state index is 11.9. The summed E-state index contributed by atoms with van der Waals surface area (Å²) >= 11 is 0. The highest BCUT2D eigenvalue weighted by Gasteiger charge is 2.18. The van der Waals surface area contributed by atoms with E-state index in [1.165, 1.54) is 0 Å². The summed E-state index contributed by atoms with van der Waals surface area (Å²) in [5, 5.41) is 0. The Hall–Kier alpha value is -2.41. The standard InChI is InChI=1S/C18H26N2O5/c1-10(2)17(22)24-14-8-6-12(5-7-13(19)16(20)21)9-15(14)25-18(23)11(3)4/h6,8-11,13H,5,7,19H2,1-4H3,(H2,20,21). The van der Waals surface area contributed by atoms with Gasteiger partial charge in [0.15, 0.2) is 11.5 Å². The third kappa shape index (κ3) is 6.54. The molecule has 138 valence electrons. The van der Waals surface area contributed by atoms with Crippen molar-refractivity contribution in [3.8, 4) is 11.5 Å². The lowest BCUT2D eigenvalue weighted by Crippen LogP contribution is -2.36. The van der Waals surface area contributed by atoms with E-state index in [-0.39, 0.29) is 23.3 Å². The van der Waals surface area contributed by atoms with E-state index in [0.717, 1.165) is 5.56 Å². The minimum absolute atomic E-state index is 0.165. The minimum Gasteiger partial charge on any atom is -0.422 e. The van der Waals surface area contributed by atoms with Crippen LogP contribution in [0.4, 0.5) is 0 Å². The van der Waals surface area contributed by atoms with Gasteiger partial charge in [0.05, 0.1) is 17.9 Å². The largest absolute Gasteiger partial charge is 0.422 e. The van der Waals surface area contributed by atoms with Gasteiger partial charge in [-0.2, -0.15) is 0 Å². The molecule has 0 aliphatic carbocycles. The Morgan fingerprint density at radius 3 is 1.96 bits per heavy atom. The molecule has 0 aliphatic rings. The second kappa shape index (κ2) is 9.17. The SMILES string of the molecule is CC(C)C(=O)Oc1ccc(CCC(N)C(N)=O)cc1OC(=O)C(C)C. The first-order valence-corrected chi connectivity index (χ1v) is 8.23. The van der Waals surface area contributed by atoms with Crippen LogP contribution in [0.25, 0.3) is 0 Å². The molecule has 4 N–H and O–H groups in total. The van der Waals surface area contributed by atoms with E-state index < -0.39 is 23.9 Å². The number of carbonyl (C=O) groups excluding carboxylic acids is 3. The van der Waals surface area contributed by atoms with Crippen molar-refractivity contribution in [1.82, 2.24) is 0 Å². The van der Waals surface area contributed by atoms with Crippen molar-refractivity contribution in [2.24, 2.45) is 23.3 Å². The molecule has 0 aromatic heterocycles. The molecule has 0 bridgehead atoms. The molecule has 0 fully saturated rings. The molecule has 1 rings (SSSR count). The Balaban J connectivity index is 3.02. The van der Waals surface area contributed by atoms with Gasteiger partial charge in [-0.15, -0.1) is 0 Å². The zero-order chi connectivity index (χ0) is 19.1. The molecule has 1 atom stereocenters. The summed E-state index contributed by atoms with van der Waals surface area (Å²) in [5.74, 6) is -1.75. The van der Waals surface area contributed by atoms with E-state index in [1.807, 2.05) is 0 Å². The highest BCUT2D eigenvalue weighted by atomic mass is 16.6. The van der Waals surface area contributed by atoms with E-state index in [1.54, 1.807) is 45.9 Å². The van der Waals surface area contributed by atoms with Crippen molar-refractivity contribution in [3.05, 3.63) is 23.8 Å². The molecule has 25 heavy (non-hydrogen) atoms. The normalized spacial score (nSPS) is 12.1. The van der Waals surface area contributed by atoms with E-state index in [4.69, 9.17) is 20.9 Å². The van der Waals surface area contributed by atoms with Gasteiger partial charge in [0.1, 0.15) is 0 Å². The van der Waals surface area contributed by atoms with Crippen LogP contribution in [0.15, 0.2) is 18.2 Å². The Labute approximate surface area is 147 Å². The molecule has 0 aliphatic heterocycles. The maximum Gasteiger partial charge on any atom is 0.313 e. The molecule has 1 aromatic carbocycles. The number of hydrogen-bond donors (Lipinski definition) is 2. The first-order valence-electron chi connectivity index (χ1n) is 8.23. The number of ether oxygens (including phenoxy) is 2. The molecule has 0 heterocycles. The molecule has 0 spiro atoms. The van der Waals surface area contributed by atoms with Crippen molar-refractivity contribution in [2.75, 3.05) is 0 Å².